The lowest BCUT2D eigenvalue weighted by molar-refractivity contribution is -0.126. The van der Waals surface area contributed by atoms with Crippen LogP contribution >= 0.6 is 0 Å². The molecule has 3 amide bonds. The summed E-state index contributed by atoms with van der Waals surface area (Å²) in [7, 11) is 1.69. The summed E-state index contributed by atoms with van der Waals surface area (Å²) in [6.07, 6.45) is 1.65. The number of aromatic amines is 1. The first-order valence-electron chi connectivity index (χ1n) is 8.18. The first-order chi connectivity index (χ1) is 12.4. The molecule has 0 radical (unpaired) electrons. The first-order valence-corrected chi connectivity index (χ1v) is 8.18. The number of hydrogen-bond acceptors (Lipinski definition) is 3. The van der Waals surface area contributed by atoms with Crippen molar-refractivity contribution in [3.8, 4) is 11.3 Å². The zero-order chi connectivity index (χ0) is 18.8. The normalized spacial score (nSPS) is 16.9. The van der Waals surface area contributed by atoms with Gasteiger partial charge >= 0.3 is 6.03 Å². The Hall–Kier alpha value is -3.16. The standard InChI is InChI=1S/C18H20FN5O2/c1-10-15(11(2)22-18(26)21-10)17(25)24(3)9-13-8-20-23-16(13)12-4-6-14(19)7-5-12/h4-8,10H,9H2,1-3H3,(H,20,23)(H2,21,22,26)/t10-/m1/s1. The van der Waals surface area contributed by atoms with E-state index in [2.05, 4.69) is 20.8 Å². The summed E-state index contributed by atoms with van der Waals surface area (Å²) in [6, 6.07) is 5.37. The predicted molar refractivity (Wildman–Crippen MR) is 94.3 cm³/mol. The summed E-state index contributed by atoms with van der Waals surface area (Å²) in [6.45, 7) is 3.79. The van der Waals surface area contributed by atoms with Crippen LogP contribution < -0.4 is 10.6 Å². The van der Waals surface area contributed by atoms with Gasteiger partial charge in [-0.15, -0.1) is 0 Å². The number of likely N-dealkylation sites (N-methyl/N-ethyl adjacent to an activating group) is 1. The molecule has 1 atom stereocenters. The number of halogens is 1. The quantitative estimate of drug-likeness (QED) is 0.783. The van der Waals surface area contributed by atoms with Crippen molar-refractivity contribution in [2.24, 2.45) is 0 Å². The Morgan fingerprint density at radius 1 is 1.31 bits per heavy atom. The fraction of sp³-hybridized carbons (Fsp3) is 0.278. The van der Waals surface area contributed by atoms with E-state index >= 15 is 0 Å². The molecule has 8 heteroatoms. The molecule has 1 aromatic carbocycles. The molecule has 3 rings (SSSR count). The summed E-state index contributed by atoms with van der Waals surface area (Å²) in [5.41, 5.74) is 3.39. The van der Waals surface area contributed by atoms with E-state index < -0.39 is 0 Å². The molecule has 0 bridgehead atoms. The smallest absolute Gasteiger partial charge is 0.319 e. The third kappa shape index (κ3) is 3.44. The number of allylic oxidation sites excluding steroid dienone is 1. The molecule has 0 spiro atoms. The van der Waals surface area contributed by atoms with Gasteiger partial charge in [-0.3, -0.25) is 9.89 Å². The number of carbonyl (C=O) groups excluding carboxylic acids is 2. The van der Waals surface area contributed by atoms with Gasteiger partial charge < -0.3 is 15.5 Å². The van der Waals surface area contributed by atoms with E-state index in [1.807, 2.05) is 0 Å². The van der Waals surface area contributed by atoms with E-state index in [1.165, 1.54) is 12.1 Å². The lowest BCUT2D eigenvalue weighted by atomic mass is 10.0. The maximum Gasteiger partial charge on any atom is 0.319 e. The van der Waals surface area contributed by atoms with Crippen molar-refractivity contribution in [3.63, 3.8) is 0 Å². The molecule has 1 aromatic heterocycles. The minimum atomic E-state index is -0.375. The van der Waals surface area contributed by atoms with Crippen molar-refractivity contribution >= 4 is 11.9 Å². The number of H-pyrrole nitrogens is 1. The Bertz CT molecular complexity index is 872. The van der Waals surface area contributed by atoms with E-state index in [0.717, 1.165) is 16.8 Å². The molecule has 0 unspecified atom stereocenters. The molecular formula is C18H20FN5O2. The highest BCUT2D eigenvalue weighted by Crippen LogP contribution is 2.23. The van der Waals surface area contributed by atoms with Crippen molar-refractivity contribution in [2.45, 2.75) is 26.4 Å². The zero-order valence-electron chi connectivity index (χ0n) is 14.8. The maximum atomic E-state index is 13.1. The molecule has 26 heavy (non-hydrogen) atoms. The lowest BCUT2D eigenvalue weighted by Crippen LogP contribution is -2.50. The lowest BCUT2D eigenvalue weighted by Gasteiger charge is -2.28. The average molecular weight is 357 g/mol. The van der Waals surface area contributed by atoms with Gasteiger partial charge in [0.15, 0.2) is 0 Å². The van der Waals surface area contributed by atoms with Crippen LogP contribution in [0, 0.1) is 5.82 Å². The van der Waals surface area contributed by atoms with Crippen LogP contribution in [-0.2, 0) is 11.3 Å². The van der Waals surface area contributed by atoms with Crippen LogP contribution in [0.15, 0.2) is 41.7 Å². The van der Waals surface area contributed by atoms with Gasteiger partial charge in [-0.1, -0.05) is 0 Å². The fourth-order valence-corrected chi connectivity index (χ4v) is 3.04. The van der Waals surface area contributed by atoms with E-state index in [4.69, 9.17) is 0 Å². The second-order valence-corrected chi connectivity index (χ2v) is 6.30. The molecule has 0 saturated heterocycles. The monoisotopic (exact) mass is 357 g/mol. The third-order valence-corrected chi connectivity index (χ3v) is 4.32. The van der Waals surface area contributed by atoms with Crippen LogP contribution in [0.3, 0.4) is 0 Å². The molecule has 2 aromatic rings. The average Bonchev–Trinajstić information content (AvgIpc) is 3.02. The Balaban J connectivity index is 1.81. The largest absolute Gasteiger partial charge is 0.337 e. The van der Waals surface area contributed by atoms with Crippen LogP contribution in [0.25, 0.3) is 11.3 Å². The minimum absolute atomic E-state index is 0.186. The highest BCUT2D eigenvalue weighted by atomic mass is 19.1. The van der Waals surface area contributed by atoms with Gasteiger partial charge in [0.2, 0.25) is 0 Å². The predicted octanol–water partition coefficient (Wildman–Crippen LogP) is 2.15. The summed E-state index contributed by atoms with van der Waals surface area (Å²) in [4.78, 5) is 25.9. The number of nitrogens with zero attached hydrogens (tertiary/aromatic N) is 2. The van der Waals surface area contributed by atoms with Crippen LogP contribution in [0.5, 0.6) is 0 Å². The Kier molecular flexibility index (Phi) is 4.75. The highest BCUT2D eigenvalue weighted by Gasteiger charge is 2.29. The number of hydrogen-bond donors (Lipinski definition) is 3. The summed E-state index contributed by atoms with van der Waals surface area (Å²) in [5, 5.41) is 12.3. The molecular weight excluding hydrogens is 337 g/mol. The second-order valence-electron chi connectivity index (χ2n) is 6.30. The van der Waals surface area contributed by atoms with Crippen molar-refractivity contribution in [1.29, 1.82) is 0 Å². The number of carbonyl (C=O) groups is 2. The van der Waals surface area contributed by atoms with Gasteiger partial charge in [0.1, 0.15) is 5.82 Å². The maximum absolute atomic E-state index is 13.1. The van der Waals surface area contributed by atoms with Crippen molar-refractivity contribution < 1.29 is 14.0 Å². The SMILES string of the molecule is CC1=C(C(=O)N(C)Cc2cn[nH]c2-c2ccc(F)cc2)[C@@H](C)NC(=O)N1. The first kappa shape index (κ1) is 17.7. The van der Waals surface area contributed by atoms with E-state index in [-0.39, 0.29) is 23.8 Å². The van der Waals surface area contributed by atoms with Gasteiger partial charge in [0.25, 0.3) is 5.91 Å². The summed E-state index contributed by atoms with van der Waals surface area (Å²) >= 11 is 0. The van der Waals surface area contributed by atoms with Gasteiger partial charge in [-0.05, 0) is 38.1 Å². The van der Waals surface area contributed by atoms with Crippen LogP contribution in [0.2, 0.25) is 0 Å². The summed E-state index contributed by atoms with van der Waals surface area (Å²) < 4.78 is 13.1. The van der Waals surface area contributed by atoms with Crippen LogP contribution in [-0.4, -0.2) is 40.1 Å². The van der Waals surface area contributed by atoms with E-state index in [0.29, 0.717) is 17.8 Å². The number of benzene rings is 1. The van der Waals surface area contributed by atoms with Gasteiger partial charge in [0, 0.05) is 30.4 Å². The number of urea groups is 1. The van der Waals surface area contributed by atoms with Crippen molar-refractivity contribution in [3.05, 3.63) is 53.1 Å². The number of rotatable bonds is 4. The molecule has 1 aliphatic rings. The molecule has 7 nitrogen and oxygen atoms in total. The van der Waals surface area contributed by atoms with E-state index in [1.54, 1.807) is 44.1 Å². The zero-order valence-corrected chi connectivity index (χ0v) is 14.8. The van der Waals surface area contributed by atoms with Crippen molar-refractivity contribution in [2.75, 3.05) is 7.05 Å². The molecule has 3 N–H and O–H groups in total. The number of amides is 3. The molecule has 0 fully saturated rings. The second kappa shape index (κ2) is 6.99. The topological polar surface area (TPSA) is 90.1 Å². The fourth-order valence-electron chi connectivity index (χ4n) is 3.04. The number of aromatic nitrogens is 2. The Morgan fingerprint density at radius 3 is 2.65 bits per heavy atom. The van der Waals surface area contributed by atoms with E-state index in [9.17, 15) is 14.0 Å². The Labute approximate surface area is 150 Å². The van der Waals surface area contributed by atoms with Gasteiger partial charge in [-0.2, -0.15) is 5.10 Å². The molecule has 136 valence electrons. The molecule has 1 aliphatic heterocycles. The third-order valence-electron chi connectivity index (χ3n) is 4.32. The minimum Gasteiger partial charge on any atom is -0.337 e. The van der Waals surface area contributed by atoms with Crippen LogP contribution in [0.1, 0.15) is 19.4 Å². The van der Waals surface area contributed by atoms with Crippen LogP contribution in [0.4, 0.5) is 9.18 Å². The highest BCUT2D eigenvalue weighted by molar-refractivity contribution is 5.98. The van der Waals surface area contributed by atoms with Gasteiger partial charge in [-0.25, -0.2) is 9.18 Å². The number of nitrogens with one attached hydrogen (secondary N) is 3. The molecule has 0 saturated carbocycles. The molecule has 2 heterocycles. The summed E-state index contributed by atoms with van der Waals surface area (Å²) in [5.74, 6) is -0.501. The van der Waals surface area contributed by atoms with Gasteiger partial charge in [0.05, 0.1) is 23.5 Å². The van der Waals surface area contributed by atoms with Crippen molar-refractivity contribution in [1.82, 2.24) is 25.7 Å². The Morgan fingerprint density at radius 2 is 2.00 bits per heavy atom. The molecule has 0 aliphatic carbocycles.